The minimum absolute atomic E-state index is 0.192. The normalized spacial score (nSPS) is 10.0. The summed E-state index contributed by atoms with van der Waals surface area (Å²) in [6, 6.07) is 8.99. The first-order valence-electron chi connectivity index (χ1n) is 5.38. The Morgan fingerprint density at radius 2 is 1.84 bits per heavy atom. The smallest absolute Gasteiger partial charge is 0.206 e. The van der Waals surface area contributed by atoms with Crippen molar-refractivity contribution in [2.24, 2.45) is 0 Å². The van der Waals surface area contributed by atoms with Gasteiger partial charge < -0.3 is 10.1 Å². The maximum atomic E-state index is 13.4. The van der Waals surface area contributed by atoms with Crippen LogP contribution in [0.1, 0.15) is 10.4 Å². The van der Waals surface area contributed by atoms with Crippen LogP contribution < -0.4 is 4.74 Å². The lowest BCUT2D eigenvalue weighted by Gasteiger charge is -2.07. The van der Waals surface area contributed by atoms with Gasteiger partial charge in [0.15, 0.2) is 0 Å². The van der Waals surface area contributed by atoms with Crippen molar-refractivity contribution in [1.29, 1.82) is 5.41 Å². The van der Waals surface area contributed by atoms with Gasteiger partial charge in [0.05, 0.1) is 11.8 Å². The number of hydrogen-bond donors (Lipinski definition) is 1. The molecule has 0 bridgehead atoms. The van der Waals surface area contributed by atoms with Gasteiger partial charge in [0.25, 0.3) is 0 Å². The molecule has 0 saturated carbocycles. The third-order valence-corrected chi connectivity index (χ3v) is 2.37. The minimum atomic E-state index is -0.762. The van der Waals surface area contributed by atoms with E-state index >= 15 is 0 Å². The monoisotopic (exact) mass is 261 g/mol. The van der Waals surface area contributed by atoms with E-state index < -0.39 is 17.4 Å². The van der Waals surface area contributed by atoms with Crippen molar-refractivity contribution >= 4 is 12.0 Å². The Morgan fingerprint density at radius 1 is 1.11 bits per heavy atom. The first-order valence-corrected chi connectivity index (χ1v) is 5.38. The highest BCUT2D eigenvalue weighted by Gasteiger charge is 2.11. The van der Waals surface area contributed by atoms with Gasteiger partial charge in [0.1, 0.15) is 23.1 Å². The topological polar surface area (TPSA) is 50.2 Å². The second kappa shape index (κ2) is 5.39. The summed E-state index contributed by atoms with van der Waals surface area (Å²) in [7, 11) is 0. The van der Waals surface area contributed by atoms with Gasteiger partial charge >= 0.3 is 0 Å². The van der Waals surface area contributed by atoms with Crippen LogP contribution in [0.2, 0.25) is 0 Å². The van der Waals surface area contributed by atoms with Crippen molar-refractivity contribution in [1.82, 2.24) is 0 Å². The molecule has 0 aliphatic heterocycles. The highest BCUT2D eigenvalue weighted by molar-refractivity contribution is 6.34. The molecule has 0 aromatic heterocycles. The van der Waals surface area contributed by atoms with Gasteiger partial charge in [-0.25, -0.2) is 8.78 Å². The number of hydrogen-bond acceptors (Lipinski definition) is 3. The molecular weight excluding hydrogens is 252 g/mol. The van der Waals surface area contributed by atoms with Crippen molar-refractivity contribution in [3.8, 4) is 11.5 Å². The molecule has 96 valence electrons. The van der Waals surface area contributed by atoms with Crippen LogP contribution in [0.25, 0.3) is 0 Å². The maximum Gasteiger partial charge on any atom is 0.206 e. The molecule has 0 amide bonds. The van der Waals surface area contributed by atoms with Crippen molar-refractivity contribution in [2.45, 2.75) is 0 Å². The predicted octanol–water partition coefficient (Wildman–Crippen LogP) is 3.59. The summed E-state index contributed by atoms with van der Waals surface area (Å²) in [5.41, 5.74) is -0.260. The van der Waals surface area contributed by atoms with E-state index in [1.165, 1.54) is 36.4 Å². The Hall–Kier alpha value is -2.56. The Bertz CT molecular complexity index is 641. The number of Topliss-reactive ketones (excluding diaryl/α,β-unsaturated/α-hetero) is 1. The lowest BCUT2D eigenvalue weighted by atomic mass is 10.1. The SMILES string of the molecule is N=CC(=O)c1cc(Oc2cccc(F)c2)ccc1F. The van der Waals surface area contributed by atoms with Crippen molar-refractivity contribution in [3.63, 3.8) is 0 Å². The fourth-order valence-electron chi connectivity index (χ4n) is 1.50. The largest absolute Gasteiger partial charge is 0.457 e. The molecule has 0 unspecified atom stereocenters. The molecule has 5 heteroatoms. The van der Waals surface area contributed by atoms with Gasteiger partial charge in [-0.2, -0.15) is 0 Å². The summed E-state index contributed by atoms with van der Waals surface area (Å²) < 4.78 is 31.7. The van der Waals surface area contributed by atoms with Crippen LogP contribution in [-0.4, -0.2) is 12.0 Å². The third kappa shape index (κ3) is 3.01. The lowest BCUT2D eigenvalue weighted by molar-refractivity contribution is 0.106. The lowest BCUT2D eigenvalue weighted by Crippen LogP contribution is -2.03. The molecule has 0 radical (unpaired) electrons. The van der Waals surface area contributed by atoms with Crippen LogP contribution in [0.5, 0.6) is 11.5 Å². The van der Waals surface area contributed by atoms with Crippen LogP contribution >= 0.6 is 0 Å². The Balaban J connectivity index is 2.31. The highest BCUT2D eigenvalue weighted by Crippen LogP contribution is 2.24. The zero-order chi connectivity index (χ0) is 13.8. The van der Waals surface area contributed by atoms with Gasteiger partial charge in [-0.05, 0) is 30.3 Å². The summed E-state index contributed by atoms with van der Waals surface area (Å²) in [6.07, 6.45) is 0.518. The first kappa shape index (κ1) is 12.9. The molecule has 0 aliphatic carbocycles. The second-order valence-corrected chi connectivity index (χ2v) is 3.71. The Morgan fingerprint density at radius 3 is 2.53 bits per heavy atom. The van der Waals surface area contributed by atoms with Gasteiger partial charge in [0.2, 0.25) is 5.78 Å². The zero-order valence-corrected chi connectivity index (χ0v) is 9.69. The minimum Gasteiger partial charge on any atom is -0.457 e. The standard InChI is InChI=1S/C14H9F2NO2/c15-9-2-1-3-10(6-9)19-11-4-5-13(16)12(7-11)14(18)8-17/h1-8,17H. The van der Waals surface area contributed by atoms with E-state index in [9.17, 15) is 13.6 Å². The summed E-state index contributed by atoms with van der Waals surface area (Å²) in [5.74, 6) is -1.53. The Labute approximate surface area is 108 Å². The van der Waals surface area contributed by atoms with Crippen LogP contribution in [-0.2, 0) is 0 Å². The van der Waals surface area contributed by atoms with Crippen LogP contribution in [0, 0.1) is 17.0 Å². The number of nitrogens with one attached hydrogen (secondary N) is 1. The van der Waals surface area contributed by atoms with E-state index in [2.05, 4.69) is 0 Å². The highest BCUT2D eigenvalue weighted by atomic mass is 19.1. The molecule has 3 nitrogen and oxygen atoms in total. The van der Waals surface area contributed by atoms with Crippen molar-refractivity contribution < 1.29 is 18.3 Å². The quantitative estimate of drug-likeness (QED) is 0.675. The summed E-state index contributed by atoms with van der Waals surface area (Å²) in [6.45, 7) is 0. The molecule has 0 spiro atoms. The number of carbonyl (C=O) groups is 1. The first-order chi connectivity index (χ1) is 9.10. The van der Waals surface area contributed by atoms with Gasteiger partial charge in [-0.1, -0.05) is 6.07 Å². The van der Waals surface area contributed by atoms with Crippen LogP contribution in [0.4, 0.5) is 8.78 Å². The van der Waals surface area contributed by atoms with E-state index in [1.54, 1.807) is 0 Å². The molecule has 0 heterocycles. The van der Waals surface area contributed by atoms with E-state index in [-0.39, 0.29) is 17.1 Å². The summed E-state index contributed by atoms with van der Waals surface area (Å²) in [4.78, 5) is 11.3. The molecule has 0 atom stereocenters. The zero-order valence-electron chi connectivity index (χ0n) is 9.69. The second-order valence-electron chi connectivity index (χ2n) is 3.71. The fourth-order valence-corrected chi connectivity index (χ4v) is 1.50. The van der Waals surface area contributed by atoms with Crippen LogP contribution in [0.15, 0.2) is 42.5 Å². The van der Waals surface area contributed by atoms with E-state index in [0.29, 0.717) is 6.21 Å². The molecule has 1 N–H and O–H groups in total. The number of benzene rings is 2. The average Bonchev–Trinajstić information content (AvgIpc) is 2.40. The molecule has 19 heavy (non-hydrogen) atoms. The number of rotatable bonds is 4. The van der Waals surface area contributed by atoms with Crippen molar-refractivity contribution in [3.05, 3.63) is 59.7 Å². The molecule has 0 aliphatic rings. The third-order valence-electron chi connectivity index (χ3n) is 2.37. The molecule has 2 aromatic rings. The number of ketones is 1. The number of halogens is 2. The Kier molecular flexibility index (Phi) is 3.66. The number of ether oxygens (including phenoxy) is 1. The van der Waals surface area contributed by atoms with Crippen LogP contribution in [0.3, 0.4) is 0 Å². The predicted molar refractivity (Wildman–Crippen MR) is 66.0 cm³/mol. The van der Waals surface area contributed by atoms with Gasteiger partial charge in [-0.3, -0.25) is 4.79 Å². The fraction of sp³-hybridized carbons (Fsp3) is 0. The van der Waals surface area contributed by atoms with E-state index in [4.69, 9.17) is 10.1 Å². The molecular formula is C14H9F2NO2. The summed E-state index contributed by atoms with van der Waals surface area (Å²) >= 11 is 0. The van der Waals surface area contributed by atoms with Gasteiger partial charge in [-0.15, -0.1) is 0 Å². The van der Waals surface area contributed by atoms with Crippen molar-refractivity contribution in [2.75, 3.05) is 0 Å². The van der Waals surface area contributed by atoms with Gasteiger partial charge in [0, 0.05) is 6.07 Å². The molecule has 2 rings (SSSR count). The van der Waals surface area contributed by atoms with E-state index in [1.807, 2.05) is 0 Å². The molecule has 0 saturated heterocycles. The average molecular weight is 261 g/mol. The maximum absolute atomic E-state index is 13.4. The molecule has 0 fully saturated rings. The molecule has 2 aromatic carbocycles. The number of carbonyl (C=O) groups excluding carboxylic acids is 1. The summed E-state index contributed by atoms with van der Waals surface area (Å²) in [5, 5.41) is 6.83. The van der Waals surface area contributed by atoms with E-state index in [0.717, 1.165) is 6.07 Å².